The Morgan fingerprint density at radius 2 is 2.07 bits per heavy atom. The molecule has 1 atom stereocenters. The number of carbonyl (C=O) groups excluding carboxylic acids is 1. The number of ether oxygens (including phenoxy) is 1. The van der Waals surface area contributed by atoms with Crippen molar-refractivity contribution in [2.75, 3.05) is 13.7 Å². The van der Waals surface area contributed by atoms with E-state index in [9.17, 15) is 4.79 Å². The van der Waals surface area contributed by atoms with Gasteiger partial charge in [0.05, 0.1) is 6.61 Å². The van der Waals surface area contributed by atoms with Gasteiger partial charge >= 0.3 is 0 Å². The van der Waals surface area contributed by atoms with Crippen LogP contribution < -0.4 is 10.9 Å². The lowest BCUT2D eigenvalue weighted by Crippen LogP contribution is -2.44. The minimum Gasteiger partial charge on any atom is -0.383 e. The summed E-state index contributed by atoms with van der Waals surface area (Å²) in [5, 5.41) is 0. The lowest BCUT2D eigenvalue weighted by atomic mass is 10.2. The van der Waals surface area contributed by atoms with Crippen molar-refractivity contribution < 1.29 is 9.53 Å². The van der Waals surface area contributed by atoms with E-state index in [4.69, 9.17) is 4.74 Å². The van der Waals surface area contributed by atoms with E-state index in [1.807, 2.05) is 25.1 Å². The summed E-state index contributed by atoms with van der Waals surface area (Å²) >= 11 is 0. The first-order valence-electron chi connectivity index (χ1n) is 4.84. The van der Waals surface area contributed by atoms with Crippen molar-refractivity contribution in [1.29, 1.82) is 0 Å². The maximum atomic E-state index is 11.5. The van der Waals surface area contributed by atoms with Crippen LogP contribution in [0.2, 0.25) is 0 Å². The van der Waals surface area contributed by atoms with Crippen molar-refractivity contribution in [3.8, 4) is 0 Å². The van der Waals surface area contributed by atoms with Crippen molar-refractivity contribution in [2.45, 2.75) is 13.0 Å². The molecule has 1 aromatic carbocycles. The van der Waals surface area contributed by atoms with Gasteiger partial charge in [-0.15, -0.1) is 0 Å². The highest BCUT2D eigenvalue weighted by Gasteiger charge is 2.05. The number of methoxy groups -OCH3 is 1. The molecule has 0 aliphatic rings. The zero-order valence-corrected chi connectivity index (χ0v) is 8.99. The normalized spacial score (nSPS) is 12.1. The van der Waals surface area contributed by atoms with Gasteiger partial charge in [-0.25, -0.2) is 5.43 Å². The molecular formula is C11H16N2O2. The van der Waals surface area contributed by atoms with Gasteiger partial charge in [0.15, 0.2) is 0 Å². The largest absolute Gasteiger partial charge is 0.383 e. The van der Waals surface area contributed by atoms with Crippen molar-refractivity contribution in [3.63, 3.8) is 0 Å². The third-order valence-electron chi connectivity index (χ3n) is 1.88. The van der Waals surface area contributed by atoms with E-state index in [-0.39, 0.29) is 11.9 Å². The van der Waals surface area contributed by atoms with Crippen LogP contribution in [0.5, 0.6) is 0 Å². The first kappa shape index (κ1) is 11.7. The van der Waals surface area contributed by atoms with Crippen LogP contribution in [0.25, 0.3) is 0 Å². The molecule has 1 rings (SSSR count). The topological polar surface area (TPSA) is 50.4 Å². The lowest BCUT2D eigenvalue weighted by Gasteiger charge is -2.13. The van der Waals surface area contributed by atoms with E-state index in [1.54, 1.807) is 19.2 Å². The third kappa shape index (κ3) is 4.10. The highest BCUT2D eigenvalue weighted by atomic mass is 16.5. The van der Waals surface area contributed by atoms with Gasteiger partial charge in [0.1, 0.15) is 0 Å². The average molecular weight is 208 g/mol. The number of hydrogen-bond donors (Lipinski definition) is 2. The molecule has 1 aromatic rings. The van der Waals surface area contributed by atoms with E-state index >= 15 is 0 Å². The molecule has 4 nitrogen and oxygen atoms in total. The molecule has 0 radical (unpaired) electrons. The molecule has 0 aromatic heterocycles. The summed E-state index contributed by atoms with van der Waals surface area (Å²) in [7, 11) is 1.62. The zero-order chi connectivity index (χ0) is 11.1. The van der Waals surface area contributed by atoms with Crippen LogP contribution in [-0.2, 0) is 4.74 Å². The maximum absolute atomic E-state index is 11.5. The van der Waals surface area contributed by atoms with Gasteiger partial charge in [-0.2, -0.15) is 0 Å². The molecule has 1 unspecified atom stereocenters. The standard InChI is InChI=1S/C11H16N2O2/c1-9(8-15-2)12-13-11(14)10-6-4-3-5-7-10/h3-7,9,12H,8H2,1-2H3,(H,13,14). The molecule has 2 N–H and O–H groups in total. The summed E-state index contributed by atoms with van der Waals surface area (Å²) in [5.41, 5.74) is 6.11. The quantitative estimate of drug-likeness (QED) is 0.708. The highest BCUT2D eigenvalue weighted by Crippen LogP contribution is 1.96. The highest BCUT2D eigenvalue weighted by molar-refractivity contribution is 5.93. The van der Waals surface area contributed by atoms with Gasteiger partial charge in [0.25, 0.3) is 5.91 Å². The van der Waals surface area contributed by atoms with Crippen LogP contribution in [0.15, 0.2) is 30.3 Å². The molecule has 0 aliphatic heterocycles. The van der Waals surface area contributed by atoms with Crippen molar-refractivity contribution in [1.82, 2.24) is 10.9 Å². The second-order valence-electron chi connectivity index (χ2n) is 3.32. The number of rotatable bonds is 5. The Bertz CT molecular complexity index is 301. The predicted molar refractivity (Wildman–Crippen MR) is 58.4 cm³/mol. The smallest absolute Gasteiger partial charge is 0.265 e. The van der Waals surface area contributed by atoms with Crippen LogP contribution in [-0.4, -0.2) is 25.7 Å². The molecule has 0 saturated carbocycles. The summed E-state index contributed by atoms with van der Waals surface area (Å²) in [5.74, 6) is -0.140. The molecule has 4 heteroatoms. The van der Waals surface area contributed by atoms with E-state index in [0.29, 0.717) is 12.2 Å². The van der Waals surface area contributed by atoms with E-state index in [0.717, 1.165) is 0 Å². The summed E-state index contributed by atoms with van der Waals surface area (Å²) in [6, 6.07) is 9.14. The summed E-state index contributed by atoms with van der Waals surface area (Å²) < 4.78 is 4.93. The van der Waals surface area contributed by atoms with Gasteiger partial charge in [0.2, 0.25) is 0 Å². The molecule has 82 valence electrons. The van der Waals surface area contributed by atoms with Crippen LogP contribution in [0.1, 0.15) is 17.3 Å². The summed E-state index contributed by atoms with van der Waals surface area (Å²) in [4.78, 5) is 11.5. The monoisotopic (exact) mass is 208 g/mol. The average Bonchev–Trinajstić information content (AvgIpc) is 2.27. The summed E-state index contributed by atoms with van der Waals surface area (Å²) in [6.45, 7) is 2.48. The van der Waals surface area contributed by atoms with E-state index in [1.165, 1.54) is 0 Å². The molecular weight excluding hydrogens is 192 g/mol. The van der Waals surface area contributed by atoms with Crippen LogP contribution in [0, 0.1) is 0 Å². The SMILES string of the molecule is COCC(C)NNC(=O)c1ccccc1. The number of hydrazine groups is 1. The van der Waals surface area contributed by atoms with Gasteiger partial charge < -0.3 is 4.74 Å². The molecule has 0 heterocycles. The number of nitrogens with one attached hydrogen (secondary N) is 2. The second-order valence-corrected chi connectivity index (χ2v) is 3.32. The third-order valence-corrected chi connectivity index (χ3v) is 1.88. The molecule has 0 spiro atoms. The first-order chi connectivity index (χ1) is 7.24. The Balaban J connectivity index is 2.37. The van der Waals surface area contributed by atoms with Crippen molar-refractivity contribution in [3.05, 3.63) is 35.9 Å². The predicted octanol–water partition coefficient (Wildman–Crippen LogP) is 0.956. The Kier molecular flexibility index (Phi) is 4.80. The van der Waals surface area contributed by atoms with Gasteiger partial charge in [-0.05, 0) is 19.1 Å². The van der Waals surface area contributed by atoms with Gasteiger partial charge in [0, 0.05) is 18.7 Å². The van der Waals surface area contributed by atoms with Gasteiger partial charge in [-0.3, -0.25) is 10.2 Å². The van der Waals surface area contributed by atoms with E-state index < -0.39 is 0 Å². The minimum atomic E-state index is -0.140. The fraction of sp³-hybridized carbons (Fsp3) is 0.364. The second kappa shape index (κ2) is 6.16. The zero-order valence-electron chi connectivity index (χ0n) is 8.99. The summed E-state index contributed by atoms with van der Waals surface area (Å²) in [6.07, 6.45) is 0. The Hall–Kier alpha value is -1.39. The number of benzene rings is 1. The Morgan fingerprint density at radius 3 is 2.67 bits per heavy atom. The number of hydrogen-bond acceptors (Lipinski definition) is 3. The molecule has 15 heavy (non-hydrogen) atoms. The first-order valence-corrected chi connectivity index (χ1v) is 4.84. The molecule has 1 amide bonds. The Labute approximate surface area is 89.6 Å². The van der Waals surface area contributed by atoms with Crippen LogP contribution in [0.4, 0.5) is 0 Å². The number of amides is 1. The van der Waals surface area contributed by atoms with Crippen molar-refractivity contribution >= 4 is 5.91 Å². The molecule has 0 saturated heterocycles. The Morgan fingerprint density at radius 1 is 1.40 bits per heavy atom. The van der Waals surface area contributed by atoms with Crippen LogP contribution in [0.3, 0.4) is 0 Å². The minimum absolute atomic E-state index is 0.0858. The van der Waals surface area contributed by atoms with Crippen LogP contribution >= 0.6 is 0 Å². The van der Waals surface area contributed by atoms with E-state index in [2.05, 4.69) is 10.9 Å². The number of carbonyl (C=O) groups is 1. The molecule has 0 aliphatic carbocycles. The van der Waals surface area contributed by atoms with Crippen molar-refractivity contribution in [2.24, 2.45) is 0 Å². The maximum Gasteiger partial charge on any atom is 0.265 e. The lowest BCUT2D eigenvalue weighted by molar-refractivity contribution is 0.0908. The molecule has 0 fully saturated rings. The molecule has 0 bridgehead atoms. The fourth-order valence-corrected chi connectivity index (χ4v) is 1.14. The fourth-order valence-electron chi connectivity index (χ4n) is 1.14. The van der Waals surface area contributed by atoms with Gasteiger partial charge in [-0.1, -0.05) is 18.2 Å².